The normalized spacial score (nSPS) is 13.4. The number of sulfonamides is 1. The van der Waals surface area contributed by atoms with E-state index in [1.807, 2.05) is 44.2 Å². The first kappa shape index (κ1) is 26.9. The molecule has 0 radical (unpaired) electrons. The molecule has 0 aliphatic rings. The van der Waals surface area contributed by atoms with E-state index in [1.54, 1.807) is 43.5 Å². The van der Waals surface area contributed by atoms with Gasteiger partial charge >= 0.3 is 0 Å². The minimum Gasteiger partial charge on any atom is -0.383 e. The van der Waals surface area contributed by atoms with Crippen LogP contribution in [0.25, 0.3) is 0 Å². The van der Waals surface area contributed by atoms with Gasteiger partial charge in [-0.2, -0.15) is 4.31 Å². The first-order valence-corrected chi connectivity index (χ1v) is 13.3. The maximum absolute atomic E-state index is 13.8. The lowest BCUT2D eigenvalue weighted by atomic mass is 10.0. The molecule has 0 heterocycles. The average molecular weight is 515 g/mol. The molecule has 0 aromatic heterocycles. The van der Waals surface area contributed by atoms with Gasteiger partial charge in [-0.15, -0.1) is 0 Å². The molecule has 3 aromatic carbocycles. The van der Waals surface area contributed by atoms with E-state index >= 15 is 0 Å². The summed E-state index contributed by atoms with van der Waals surface area (Å²) in [6.07, 6.45) is 0.592. The van der Waals surface area contributed by atoms with Crippen LogP contribution in [0.2, 0.25) is 5.02 Å². The number of carbonyl (C=O) groups excluding carboxylic acids is 1. The van der Waals surface area contributed by atoms with Crippen LogP contribution in [0.5, 0.6) is 0 Å². The summed E-state index contributed by atoms with van der Waals surface area (Å²) in [5, 5.41) is 3.35. The predicted octanol–water partition coefficient (Wildman–Crippen LogP) is 5.45. The number of hydrogen-bond donors (Lipinski definition) is 1. The van der Waals surface area contributed by atoms with Gasteiger partial charge < -0.3 is 10.1 Å². The number of methoxy groups -OCH3 is 1. The van der Waals surface area contributed by atoms with E-state index in [0.717, 1.165) is 11.1 Å². The highest BCUT2D eigenvalue weighted by Crippen LogP contribution is 2.32. The topological polar surface area (TPSA) is 75.7 Å². The van der Waals surface area contributed by atoms with Gasteiger partial charge in [0, 0.05) is 30.3 Å². The lowest BCUT2D eigenvalue weighted by molar-refractivity contribution is 0.0905. The Morgan fingerprint density at radius 3 is 2.20 bits per heavy atom. The Bertz CT molecular complexity index is 1200. The van der Waals surface area contributed by atoms with Crippen molar-refractivity contribution >= 4 is 27.5 Å². The van der Waals surface area contributed by atoms with Gasteiger partial charge in [-0.1, -0.05) is 61.0 Å². The van der Waals surface area contributed by atoms with Crippen LogP contribution in [0.15, 0.2) is 83.8 Å². The van der Waals surface area contributed by atoms with Gasteiger partial charge in [0.15, 0.2) is 0 Å². The number of benzene rings is 3. The first-order valence-electron chi connectivity index (χ1n) is 11.5. The second kappa shape index (κ2) is 12.3. The van der Waals surface area contributed by atoms with Crippen LogP contribution in [0.4, 0.5) is 0 Å². The van der Waals surface area contributed by atoms with Crippen molar-refractivity contribution in [2.75, 3.05) is 13.7 Å². The Morgan fingerprint density at radius 2 is 1.63 bits per heavy atom. The first-order chi connectivity index (χ1) is 16.8. The number of rotatable bonds is 11. The van der Waals surface area contributed by atoms with Crippen molar-refractivity contribution < 1.29 is 17.9 Å². The van der Waals surface area contributed by atoms with Crippen LogP contribution in [-0.4, -0.2) is 38.4 Å². The summed E-state index contributed by atoms with van der Waals surface area (Å²) in [5.74, 6) is -0.206. The number of nitrogens with zero attached hydrogens (tertiary/aromatic N) is 1. The van der Waals surface area contributed by atoms with Gasteiger partial charge in [0.05, 0.1) is 17.5 Å². The fourth-order valence-electron chi connectivity index (χ4n) is 3.93. The van der Waals surface area contributed by atoms with Crippen LogP contribution < -0.4 is 5.32 Å². The Kier molecular flexibility index (Phi) is 9.46. The van der Waals surface area contributed by atoms with Crippen molar-refractivity contribution in [3.63, 3.8) is 0 Å². The number of nitrogens with one attached hydrogen (secondary N) is 1. The summed E-state index contributed by atoms with van der Waals surface area (Å²) >= 11 is 6.00. The molecule has 0 aliphatic carbocycles. The number of amides is 1. The molecular weight excluding hydrogens is 484 g/mol. The second-order valence-electron chi connectivity index (χ2n) is 8.37. The third-order valence-electron chi connectivity index (χ3n) is 5.69. The lowest BCUT2D eigenvalue weighted by Gasteiger charge is -2.31. The zero-order valence-corrected chi connectivity index (χ0v) is 21.7. The molecule has 1 N–H and O–H groups in total. The summed E-state index contributed by atoms with van der Waals surface area (Å²) in [5.41, 5.74) is 2.19. The SMILES string of the molecule is CCC(c1ccccc1)N(Cc1ccc(C(=O)N[C@@H](C)COC)cc1)S(=O)(=O)c1ccc(Cl)cc1. The van der Waals surface area contributed by atoms with Gasteiger partial charge in [0.25, 0.3) is 5.91 Å². The van der Waals surface area contributed by atoms with Crippen LogP contribution in [-0.2, 0) is 21.3 Å². The largest absolute Gasteiger partial charge is 0.383 e. The molecule has 0 fully saturated rings. The van der Waals surface area contributed by atoms with Crippen molar-refractivity contribution in [2.24, 2.45) is 0 Å². The smallest absolute Gasteiger partial charge is 0.251 e. The molecule has 2 atom stereocenters. The molecule has 35 heavy (non-hydrogen) atoms. The minimum atomic E-state index is -3.84. The Morgan fingerprint density at radius 1 is 1.00 bits per heavy atom. The zero-order valence-electron chi connectivity index (χ0n) is 20.1. The molecule has 3 aromatic rings. The standard InChI is InChI=1S/C27H31ClN2O4S/c1-4-26(22-8-6-5-7-9-22)30(35(32,33)25-16-14-24(28)15-17-25)18-21-10-12-23(13-11-21)27(31)29-20(2)19-34-3/h5-17,20,26H,4,18-19H2,1-3H3,(H,29,31)/t20-,26?/m0/s1. The summed E-state index contributed by atoms with van der Waals surface area (Å²) < 4.78 is 34.2. The van der Waals surface area contributed by atoms with Gasteiger partial charge in [-0.05, 0) is 60.9 Å². The summed E-state index contributed by atoms with van der Waals surface area (Å²) in [6, 6.07) is 22.3. The molecule has 0 bridgehead atoms. The Labute approximate surface area is 212 Å². The molecule has 3 rings (SSSR count). The highest BCUT2D eigenvalue weighted by molar-refractivity contribution is 7.89. The monoisotopic (exact) mass is 514 g/mol. The second-order valence-corrected chi connectivity index (χ2v) is 10.7. The van der Waals surface area contributed by atoms with Gasteiger partial charge in [-0.3, -0.25) is 4.79 Å². The van der Waals surface area contributed by atoms with E-state index in [9.17, 15) is 13.2 Å². The quantitative estimate of drug-likeness (QED) is 0.369. The van der Waals surface area contributed by atoms with E-state index in [4.69, 9.17) is 16.3 Å². The van der Waals surface area contributed by atoms with Crippen LogP contribution in [0.3, 0.4) is 0 Å². The molecular formula is C27H31ClN2O4S. The van der Waals surface area contributed by atoms with Crippen molar-refractivity contribution in [1.82, 2.24) is 9.62 Å². The van der Waals surface area contributed by atoms with Gasteiger partial charge in [-0.25, -0.2) is 8.42 Å². The highest BCUT2D eigenvalue weighted by Gasteiger charge is 2.31. The summed E-state index contributed by atoms with van der Waals surface area (Å²) in [4.78, 5) is 12.7. The molecule has 6 nitrogen and oxygen atoms in total. The van der Waals surface area contributed by atoms with E-state index in [2.05, 4.69) is 5.32 Å². The van der Waals surface area contributed by atoms with Crippen molar-refractivity contribution in [2.45, 2.75) is 43.8 Å². The van der Waals surface area contributed by atoms with E-state index < -0.39 is 10.0 Å². The number of carbonyl (C=O) groups is 1. The number of hydrogen-bond acceptors (Lipinski definition) is 4. The van der Waals surface area contributed by atoms with Crippen molar-refractivity contribution in [1.29, 1.82) is 0 Å². The highest BCUT2D eigenvalue weighted by atomic mass is 35.5. The molecule has 0 saturated carbocycles. The molecule has 1 amide bonds. The molecule has 186 valence electrons. The van der Waals surface area contributed by atoms with E-state index in [1.165, 1.54) is 16.4 Å². The third kappa shape index (κ3) is 6.92. The molecule has 1 unspecified atom stereocenters. The average Bonchev–Trinajstić information content (AvgIpc) is 2.85. The molecule has 0 saturated heterocycles. The third-order valence-corrected chi connectivity index (χ3v) is 7.81. The lowest BCUT2D eigenvalue weighted by Crippen LogP contribution is -2.35. The summed E-state index contributed by atoms with van der Waals surface area (Å²) in [6.45, 7) is 4.40. The maximum atomic E-state index is 13.8. The van der Waals surface area contributed by atoms with Crippen LogP contribution >= 0.6 is 11.6 Å². The minimum absolute atomic E-state index is 0.122. The van der Waals surface area contributed by atoms with E-state index in [0.29, 0.717) is 23.6 Å². The van der Waals surface area contributed by atoms with Crippen molar-refractivity contribution in [3.05, 3.63) is 101 Å². The van der Waals surface area contributed by atoms with Gasteiger partial charge in [0.1, 0.15) is 0 Å². The Hall–Kier alpha value is -2.71. The number of ether oxygens (including phenoxy) is 1. The fraction of sp³-hybridized carbons (Fsp3) is 0.296. The molecule has 0 aliphatic heterocycles. The zero-order chi connectivity index (χ0) is 25.4. The van der Waals surface area contributed by atoms with Gasteiger partial charge in [0.2, 0.25) is 10.0 Å². The summed E-state index contributed by atoms with van der Waals surface area (Å²) in [7, 11) is -2.26. The predicted molar refractivity (Wildman–Crippen MR) is 139 cm³/mol. The fourth-order valence-corrected chi connectivity index (χ4v) is 5.73. The number of halogens is 1. The van der Waals surface area contributed by atoms with Crippen LogP contribution in [0.1, 0.15) is 47.8 Å². The molecule has 0 spiro atoms. The van der Waals surface area contributed by atoms with E-state index in [-0.39, 0.29) is 29.4 Å². The molecule has 8 heteroatoms. The van der Waals surface area contributed by atoms with Crippen LogP contribution in [0, 0.1) is 0 Å². The Balaban J connectivity index is 1.93. The maximum Gasteiger partial charge on any atom is 0.251 e. The van der Waals surface area contributed by atoms with Crippen molar-refractivity contribution in [3.8, 4) is 0 Å².